The van der Waals surface area contributed by atoms with Crippen LogP contribution in [-0.2, 0) is 9.53 Å². The molecule has 3 fully saturated rings. The maximum absolute atomic E-state index is 12.7. The molecule has 2 aliphatic carbocycles. The van der Waals surface area contributed by atoms with Crippen molar-refractivity contribution in [3.63, 3.8) is 0 Å². The zero-order chi connectivity index (χ0) is 20.1. The van der Waals surface area contributed by atoms with E-state index in [1.807, 2.05) is 32.9 Å². The molecular weight excluding hydrogens is 376 g/mol. The number of aliphatic carboxylic acids is 1. The molecule has 0 bridgehead atoms. The van der Waals surface area contributed by atoms with Crippen LogP contribution < -0.4 is 4.90 Å². The monoisotopic (exact) mass is 404 g/mol. The highest BCUT2D eigenvalue weighted by Crippen LogP contribution is 2.52. The summed E-state index contributed by atoms with van der Waals surface area (Å²) in [7, 11) is 0. The van der Waals surface area contributed by atoms with Gasteiger partial charge in [-0.1, -0.05) is 12.8 Å². The van der Waals surface area contributed by atoms with Crippen LogP contribution in [0.5, 0.6) is 0 Å². The molecule has 3 atom stereocenters. The lowest BCUT2D eigenvalue weighted by atomic mass is 10.2. The van der Waals surface area contributed by atoms with Crippen molar-refractivity contribution >= 4 is 29.5 Å². The van der Waals surface area contributed by atoms with Gasteiger partial charge in [0.1, 0.15) is 16.4 Å². The molecule has 1 aromatic rings. The number of ether oxygens (including phenoxy) is 1. The van der Waals surface area contributed by atoms with Crippen LogP contribution >= 0.6 is 11.8 Å². The zero-order valence-electron chi connectivity index (χ0n) is 16.7. The maximum Gasteiger partial charge on any atom is 0.341 e. The molecule has 0 radical (unpaired) electrons. The summed E-state index contributed by atoms with van der Waals surface area (Å²) in [5, 5.41) is 10.5. The second-order valence-corrected chi connectivity index (χ2v) is 10.4. The highest BCUT2D eigenvalue weighted by Gasteiger charge is 2.60. The molecule has 0 spiro atoms. The fourth-order valence-corrected chi connectivity index (χ4v) is 5.74. The number of rotatable bonds is 5. The number of thioether (sulfide) groups is 1. The Balaban J connectivity index is 1.54. The van der Waals surface area contributed by atoms with Gasteiger partial charge < -0.3 is 14.7 Å². The molecular formula is C21H28N2O4S. The lowest BCUT2D eigenvalue weighted by Crippen LogP contribution is -2.27. The van der Waals surface area contributed by atoms with Crippen LogP contribution in [0.1, 0.15) is 56.8 Å². The highest BCUT2D eigenvalue weighted by atomic mass is 32.2. The maximum atomic E-state index is 12.7. The van der Waals surface area contributed by atoms with Gasteiger partial charge in [-0.2, -0.15) is 0 Å². The van der Waals surface area contributed by atoms with Crippen molar-refractivity contribution in [3.8, 4) is 0 Å². The molecule has 0 amide bonds. The molecule has 1 N–H and O–H groups in total. The normalized spacial score (nSPS) is 27.0. The van der Waals surface area contributed by atoms with E-state index < -0.39 is 11.6 Å². The lowest BCUT2D eigenvalue weighted by molar-refractivity contribution is -0.139. The van der Waals surface area contributed by atoms with E-state index in [-0.39, 0.29) is 23.7 Å². The molecule has 28 heavy (non-hydrogen) atoms. The number of carbonyl (C=O) groups is 2. The first-order chi connectivity index (χ1) is 13.2. The van der Waals surface area contributed by atoms with E-state index in [0.29, 0.717) is 10.8 Å². The largest absolute Gasteiger partial charge is 0.481 e. The van der Waals surface area contributed by atoms with E-state index in [2.05, 4.69) is 4.90 Å². The Morgan fingerprint density at radius 2 is 1.82 bits per heavy atom. The summed E-state index contributed by atoms with van der Waals surface area (Å²) in [5.74, 6) is 0.0999. The van der Waals surface area contributed by atoms with Crippen molar-refractivity contribution in [1.29, 1.82) is 0 Å². The van der Waals surface area contributed by atoms with Gasteiger partial charge in [0, 0.05) is 18.3 Å². The van der Waals surface area contributed by atoms with Crippen molar-refractivity contribution in [3.05, 3.63) is 17.7 Å². The second-order valence-electron chi connectivity index (χ2n) is 9.15. The number of anilines is 1. The minimum absolute atomic E-state index is 0.190. The summed E-state index contributed by atoms with van der Waals surface area (Å²) in [4.78, 5) is 30.9. The van der Waals surface area contributed by atoms with E-state index in [4.69, 9.17) is 9.72 Å². The van der Waals surface area contributed by atoms with Crippen LogP contribution in [0.15, 0.2) is 17.2 Å². The number of esters is 1. The molecule has 2 heterocycles. The molecule has 2 saturated carbocycles. The Labute approximate surface area is 170 Å². The van der Waals surface area contributed by atoms with Gasteiger partial charge in [0.25, 0.3) is 0 Å². The number of hydrogen-bond donors (Lipinski definition) is 1. The predicted molar refractivity (Wildman–Crippen MR) is 108 cm³/mol. The van der Waals surface area contributed by atoms with Crippen molar-refractivity contribution < 1.29 is 19.4 Å². The molecule has 7 heteroatoms. The van der Waals surface area contributed by atoms with Gasteiger partial charge in [0.05, 0.1) is 11.5 Å². The summed E-state index contributed by atoms with van der Waals surface area (Å²) < 4.78 is 5.59. The van der Waals surface area contributed by atoms with Crippen molar-refractivity contribution in [2.75, 3.05) is 18.0 Å². The van der Waals surface area contributed by atoms with E-state index in [0.717, 1.165) is 36.8 Å². The predicted octanol–water partition coefficient (Wildman–Crippen LogP) is 3.84. The fourth-order valence-electron chi connectivity index (χ4n) is 4.43. The number of fused-ring (bicyclic) bond motifs is 1. The Hall–Kier alpha value is -1.76. The lowest BCUT2D eigenvalue weighted by Gasteiger charge is -2.23. The van der Waals surface area contributed by atoms with Crippen LogP contribution in [0.3, 0.4) is 0 Å². The van der Waals surface area contributed by atoms with E-state index in [9.17, 15) is 14.7 Å². The number of pyridine rings is 1. The van der Waals surface area contributed by atoms with Crippen molar-refractivity contribution in [2.24, 2.45) is 17.8 Å². The number of carbonyl (C=O) groups excluding carboxylic acids is 1. The Morgan fingerprint density at radius 1 is 1.18 bits per heavy atom. The number of nitrogens with zero attached hydrogens (tertiary/aromatic N) is 2. The average Bonchev–Trinajstić information content (AvgIpc) is 2.97. The Bertz CT molecular complexity index is 773. The summed E-state index contributed by atoms with van der Waals surface area (Å²) in [5.41, 5.74) is -0.0176. The van der Waals surface area contributed by atoms with Crippen LogP contribution in [0.2, 0.25) is 0 Å². The van der Waals surface area contributed by atoms with Gasteiger partial charge in [-0.05, 0) is 57.6 Å². The number of hydrogen-bond acceptors (Lipinski definition) is 6. The standard InChI is InChI=1S/C21H28N2O4S/c1-21(2,3)27-20(26)13-8-9-16(22-18(13)28-12-6-4-5-7-12)23-10-14-15(11-23)17(14)19(24)25/h8-9,12,14-15,17H,4-7,10-11H2,1-3H3,(H,24,25)/t14-,15+,17?. The van der Waals surface area contributed by atoms with Gasteiger partial charge in [-0.3, -0.25) is 4.79 Å². The minimum Gasteiger partial charge on any atom is -0.481 e. The van der Waals surface area contributed by atoms with Gasteiger partial charge in [-0.25, -0.2) is 9.78 Å². The van der Waals surface area contributed by atoms with Gasteiger partial charge in [0.2, 0.25) is 0 Å². The van der Waals surface area contributed by atoms with E-state index in [1.54, 1.807) is 11.8 Å². The molecule has 0 aromatic carbocycles. The molecule has 1 saturated heterocycles. The molecule has 1 unspecified atom stereocenters. The zero-order valence-corrected chi connectivity index (χ0v) is 17.5. The fraction of sp³-hybridized carbons (Fsp3) is 0.667. The topological polar surface area (TPSA) is 79.7 Å². The smallest absolute Gasteiger partial charge is 0.341 e. The molecule has 3 aliphatic rings. The van der Waals surface area contributed by atoms with Gasteiger partial charge >= 0.3 is 11.9 Å². The van der Waals surface area contributed by atoms with Crippen LogP contribution in [0, 0.1) is 17.8 Å². The number of carboxylic acids is 1. The first-order valence-electron chi connectivity index (χ1n) is 10.1. The van der Waals surface area contributed by atoms with Crippen molar-refractivity contribution in [2.45, 2.75) is 62.3 Å². The molecule has 6 nitrogen and oxygen atoms in total. The quantitative estimate of drug-likeness (QED) is 0.747. The molecule has 152 valence electrons. The first-order valence-corrected chi connectivity index (χ1v) is 11.0. The van der Waals surface area contributed by atoms with Crippen LogP contribution in [0.4, 0.5) is 5.82 Å². The minimum atomic E-state index is -0.680. The third kappa shape index (κ3) is 4.00. The van der Waals surface area contributed by atoms with Gasteiger partial charge in [-0.15, -0.1) is 11.8 Å². The second kappa shape index (κ2) is 7.25. The van der Waals surface area contributed by atoms with E-state index >= 15 is 0 Å². The van der Waals surface area contributed by atoms with Gasteiger partial charge in [0.15, 0.2) is 0 Å². The number of piperidine rings is 1. The van der Waals surface area contributed by atoms with Crippen LogP contribution in [0.25, 0.3) is 0 Å². The molecule has 1 aliphatic heterocycles. The van der Waals surface area contributed by atoms with Crippen LogP contribution in [-0.4, -0.2) is 46.0 Å². The third-order valence-corrected chi connectivity index (χ3v) is 7.19. The first kappa shape index (κ1) is 19.6. The Morgan fingerprint density at radius 3 is 2.39 bits per heavy atom. The summed E-state index contributed by atoms with van der Waals surface area (Å²) in [6.45, 7) is 7.06. The summed E-state index contributed by atoms with van der Waals surface area (Å²) in [6.07, 6.45) is 4.76. The average molecular weight is 405 g/mol. The SMILES string of the molecule is CC(C)(C)OC(=O)c1ccc(N2C[C@@H]3C(C(=O)O)[C@@H]3C2)nc1SC1CCCC1. The third-order valence-electron chi connectivity index (χ3n) is 5.85. The Kier molecular flexibility index (Phi) is 5.06. The highest BCUT2D eigenvalue weighted by molar-refractivity contribution is 7.99. The summed E-state index contributed by atoms with van der Waals surface area (Å²) in [6, 6.07) is 3.70. The molecule has 1 aromatic heterocycles. The molecule has 4 rings (SSSR count). The summed E-state index contributed by atoms with van der Waals surface area (Å²) >= 11 is 1.69. The van der Waals surface area contributed by atoms with Crippen molar-refractivity contribution in [1.82, 2.24) is 4.98 Å². The number of aromatic nitrogens is 1. The van der Waals surface area contributed by atoms with E-state index in [1.165, 1.54) is 12.8 Å². The number of carboxylic acid groups (broad SMARTS) is 1.